The molecule has 0 amide bonds. The van der Waals surface area contributed by atoms with Crippen molar-refractivity contribution >= 4 is 50.3 Å². The van der Waals surface area contributed by atoms with Crippen molar-refractivity contribution in [2.75, 3.05) is 7.11 Å². The third-order valence-electron chi connectivity index (χ3n) is 5.81. The molecule has 5 aromatic carbocycles. The van der Waals surface area contributed by atoms with Gasteiger partial charge in [0.15, 0.2) is 5.70 Å². The van der Waals surface area contributed by atoms with E-state index in [9.17, 15) is 4.79 Å². The van der Waals surface area contributed by atoms with E-state index >= 15 is 0 Å². The maximum absolute atomic E-state index is 12.5. The Labute approximate surface area is 178 Å². The molecule has 5 aromatic rings. The molecule has 0 fully saturated rings. The minimum absolute atomic E-state index is 0.292. The number of nitrogens with zero attached hydrogens (tertiary/aromatic N) is 1. The zero-order chi connectivity index (χ0) is 20.9. The highest BCUT2D eigenvalue weighted by molar-refractivity contribution is 6.24. The van der Waals surface area contributed by atoms with Gasteiger partial charge in [-0.25, -0.2) is 9.79 Å². The van der Waals surface area contributed by atoms with Crippen molar-refractivity contribution < 1.29 is 14.3 Å². The van der Waals surface area contributed by atoms with Gasteiger partial charge in [0.25, 0.3) is 0 Å². The molecular weight excluding hydrogens is 386 g/mol. The van der Waals surface area contributed by atoms with Gasteiger partial charge in [0, 0.05) is 5.56 Å². The van der Waals surface area contributed by atoms with E-state index in [4.69, 9.17) is 9.47 Å². The zero-order valence-corrected chi connectivity index (χ0v) is 16.8. The van der Waals surface area contributed by atoms with Crippen LogP contribution >= 0.6 is 0 Å². The highest BCUT2D eigenvalue weighted by Crippen LogP contribution is 2.36. The first-order chi connectivity index (χ1) is 15.2. The summed E-state index contributed by atoms with van der Waals surface area (Å²) in [5.74, 6) is 0.589. The van der Waals surface area contributed by atoms with E-state index in [-0.39, 0.29) is 0 Å². The first-order valence-corrected chi connectivity index (χ1v) is 10.0. The molecule has 1 aliphatic rings. The lowest BCUT2D eigenvalue weighted by atomic mass is 9.92. The maximum Gasteiger partial charge on any atom is 0.363 e. The van der Waals surface area contributed by atoms with Crippen LogP contribution in [0.3, 0.4) is 0 Å². The van der Waals surface area contributed by atoms with Gasteiger partial charge in [0.05, 0.1) is 7.11 Å². The Bertz CT molecular complexity index is 1530. The molecule has 0 bridgehead atoms. The minimum atomic E-state index is -0.448. The van der Waals surface area contributed by atoms with Gasteiger partial charge in [0.2, 0.25) is 5.90 Å². The van der Waals surface area contributed by atoms with Crippen LogP contribution in [0.2, 0.25) is 0 Å². The normalized spacial score (nSPS) is 15.2. The number of methoxy groups -OCH3 is 1. The second-order valence-electron chi connectivity index (χ2n) is 7.58. The molecule has 0 N–H and O–H groups in total. The number of hydrogen-bond acceptors (Lipinski definition) is 4. The van der Waals surface area contributed by atoms with Gasteiger partial charge >= 0.3 is 5.97 Å². The van der Waals surface area contributed by atoms with Crippen LogP contribution in [-0.2, 0) is 9.53 Å². The molecule has 6 rings (SSSR count). The minimum Gasteiger partial charge on any atom is -0.497 e. The summed E-state index contributed by atoms with van der Waals surface area (Å²) in [4.78, 5) is 17.0. The Balaban J connectivity index is 1.50. The maximum atomic E-state index is 12.5. The van der Waals surface area contributed by atoms with Gasteiger partial charge < -0.3 is 9.47 Å². The predicted octanol–water partition coefficient (Wildman–Crippen LogP) is 5.94. The second kappa shape index (κ2) is 6.67. The van der Waals surface area contributed by atoms with Gasteiger partial charge in [-0.05, 0) is 68.2 Å². The average Bonchev–Trinajstić information content (AvgIpc) is 3.18. The molecule has 4 nitrogen and oxygen atoms in total. The highest BCUT2D eigenvalue weighted by Gasteiger charge is 2.24. The van der Waals surface area contributed by atoms with Crippen LogP contribution in [0.1, 0.15) is 11.1 Å². The molecule has 0 spiro atoms. The number of ether oxygens (including phenoxy) is 2. The zero-order valence-electron chi connectivity index (χ0n) is 16.8. The Morgan fingerprint density at radius 3 is 2.23 bits per heavy atom. The smallest absolute Gasteiger partial charge is 0.363 e. The van der Waals surface area contributed by atoms with Crippen molar-refractivity contribution in [2.45, 2.75) is 0 Å². The molecule has 1 aliphatic heterocycles. The first kappa shape index (κ1) is 17.7. The topological polar surface area (TPSA) is 47.9 Å². The number of carbonyl (C=O) groups excluding carboxylic acids is 1. The van der Waals surface area contributed by atoms with Crippen LogP contribution in [0.4, 0.5) is 0 Å². The lowest BCUT2D eigenvalue weighted by Crippen LogP contribution is -2.05. The molecule has 0 saturated carbocycles. The van der Waals surface area contributed by atoms with Crippen LogP contribution in [0.25, 0.3) is 38.4 Å². The fourth-order valence-corrected chi connectivity index (χ4v) is 4.30. The molecule has 0 radical (unpaired) electrons. The SMILES string of the molecule is COc1ccc(C2=N/C(=C\c3ccc4ccc5cccc6ccc3c4c56)C(=O)O2)cc1. The molecular formula is C27H17NO3. The second-order valence-corrected chi connectivity index (χ2v) is 7.58. The van der Waals surface area contributed by atoms with Gasteiger partial charge in [0.1, 0.15) is 5.75 Å². The standard InChI is InChI=1S/C27H17NO3/c1-30-21-12-9-19(10-13-21)26-28-23(27(29)31-26)15-20-8-7-18-6-5-16-3-2-4-17-11-14-22(20)25(18)24(16)17/h2-15H,1H3/b23-15-. The van der Waals surface area contributed by atoms with E-state index in [0.29, 0.717) is 11.6 Å². The molecule has 31 heavy (non-hydrogen) atoms. The van der Waals surface area contributed by atoms with E-state index in [1.54, 1.807) is 7.11 Å². The number of benzene rings is 5. The van der Waals surface area contributed by atoms with Crippen molar-refractivity contribution in [3.63, 3.8) is 0 Å². The number of esters is 1. The predicted molar refractivity (Wildman–Crippen MR) is 124 cm³/mol. The van der Waals surface area contributed by atoms with Crippen molar-refractivity contribution in [3.05, 3.63) is 95.7 Å². The van der Waals surface area contributed by atoms with E-state index in [1.165, 1.54) is 26.9 Å². The van der Waals surface area contributed by atoms with Gasteiger partial charge in [-0.1, -0.05) is 54.6 Å². The summed E-state index contributed by atoms with van der Waals surface area (Å²) >= 11 is 0. The third-order valence-corrected chi connectivity index (χ3v) is 5.81. The van der Waals surface area contributed by atoms with Crippen LogP contribution in [0.15, 0.2) is 89.6 Å². The van der Waals surface area contributed by atoms with Crippen LogP contribution in [0, 0.1) is 0 Å². The largest absolute Gasteiger partial charge is 0.497 e. The van der Waals surface area contributed by atoms with E-state index < -0.39 is 5.97 Å². The Kier molecular flexibility index (Phi) is 3.80. The molecule has 148 valence electrons. The van der Waals surface area contributed by atoms with Crippen LogP contribution in [0.5, 0.6) is 5.75 Å². The molecule has 0 atom stereocenters. The number of hydrogen-bond donors (Lipinski definition) is 0. The first-order valence-electron chi connectivity index (χ1n) is 10.0. The van der Waals surface area contributed by atoms with Gasteiger partial charge in [-0.2, -0.15) is 0 Å². The average molecular weight is 403 g/mol. The quantitative estimate of drug-likeness (QED) is 0.213. The summed E-state index contributed by atoms with van der Waals surface area (Å²) in [5, 5.41) is 7.14. The number of cyclic esters (lactones) is 1. The molecule has 4 heteroatoms. The van der Waals surface area contributed by atoms with Crippen molar-refractivity contribution in [3.8, 4) is 5.75 Å². The Morgan fingerprint density at radius 2 is 1.48 bits per heavy atom. The van der Waals surface area contributed by atoms with Crippen molar-refractivity contribution in [1.82, 2.24) is 0 Å². The Morgan fingerprint density at radius 1 is 0.806 bits per heavy atom. The molecule has 0 aliphatic carbocycles. The third kappa shape index (κ3) is 2.76. The van der Waals surface area contributed by atoms with Crippen LogP contribution < -0.4 is 4.74 Å². The fraction of sp³-hybridized carbons (Fsp3) is 0.0370. The van der Waals surface area contributed by atoms with Crippen LogP contribution in [-0.4, -0.2) is 19.0 Å². The number of rotatable bonds is 3. The summed E-state index contributed by atoms with van der Waals surface area (Å²) in [5.41, 5.74) is 1.96. The summed E-state index contributed by atoms with van der Waals surface area (Å²) in [6, 6.07) is 26.3. The summed E-state index contributed by atoms with van der Waals surface area (Å²) in [7, 11) is 1.61. The molecule has 0 saturated heterocycles. The number of carbonyl (C=O) groups is 1. The van der Waals surface area contributed by atoms with E-state index in [0.717, 1.165) is 22.3 Å². The summed E-state index contributed by atoms with van der Waals surface area (Å²) in [6.07, 6.45) is 1.81. The number of aliphatic imine (C=N–C) groups is 1. The van der Waals surface area contributed by atoms with Crippen molar-refractivity contribution in [2.24, 2.45) is 4.99 Å². The summed E-state index contributed by atoms with van der Waals surface area (Å²) < 4.78 is 10.6. The van der Waals surface area contributed by atoms with Crippen molar-refractivity contribution in [1.29, 1.82) is 0 Å². The highest BCUT2D eigenvalue weighted by atomic mass is 16.6. The summed E-state index contributed by atoms with van der Waals surface area (Å²) in [6.45, 7) is 0. The lowest BCUT2D eigenvalue weighted by Gasteiger charge is -2.12. The monoisotopic (exact) mass is 403 g/mol. The van der Waals surface area contributed by atoms with E-state index in [2.05, 4.69) is 53.5 Å². The van der Waals surface area contributed by atoms with Gasteiger partial charge in [-0.15, -0.1) is 0 Å². The molecule has 0 aromatic heterocycles. The lowest BCUT2D eigenvalue weighted by molar-refractivity contribution is -0.129. The fourth-order valence-electron chi connectivity index (χ4n) is 4.30. The van der Waals surface area contributed by atoms with Gasteiger partial charge in [-0.3, -0.25) is 0 Å². The Hall–Kier alpha value is -4.18. The van der Waals surface area contributed by atoms with E-state index in [1.807, 2.05) is 36.4 Å². The molecule has 0 unspecified atom stereocenters. The molecule has 1 heterocycles.